The van der Waals surface area contributed by atoms with Crippen LogP contribution in [0.25, 0.3) is 6.08 Å². The molecule has 0 unspecified atom stereocenters. The molecule has 2 aromatic carbocycles. The molecule has 1 aliphatic heterocycles. The second-order valence-electron chi connectivity index (χ2n) is 5.83. The molecular formula is C20H18N2O5S. The van der Waals surface area contributed by atoms with Crippen molar-refractivity contribution < 1.29 is 23.9 Å². The number of carbonyl (C=O) groups is 3. The normalized spacial score (nSPS) is 15.1. The molecule has 3 amide bonds. The molecule has 8 heteroatoms. The molecule has 0 spiro atoms. The number of nitrogens with one attached hydrogen (secondary N) is 1. The minimum absolute atomic E-state index is 0.229. The Morgan fingerprint density at radius 3 is 2.32 bits per heavy atom. The summed E-state index contributed by atoms with van der Waals surface area (Å²) in [6, 6.07) is 14.0. The number of para-hydroxylation sites is 1. The zero-order valence-electron chi connectivity index (χ0n) is 15.3. The van der Waals surface area contributed by atoms with Gasteiger partial charge in [-0.15, -0.1) is 0 Å². The maximum atomic E-state index is 12.6. The fourth-order valence-electron chi connectivity index (χ4n) is 2.57. The summed E-state index contributed by atoms with van der Waals surface area (Å²) in [5.74, 6) is 0.164. The summed E-state index contributed by atoms with van der Waals surface area (Å²) < 4.78 is 10.4. The molecule has 1 saturated heterocycles. The van der Waals surface area contributed by atoms with Crippen LogP contribution in [0.2, 0.25) is 0 Å². The molecule has 2 aromatic rings. The lowest BCUT2D eigenvalue weighted by Gasteiger charge is -2.12. The number of anilines is 1. The molecule has 0 aromatic heterocycles. The number of hydrogen-bond donors (Lipinski definition) is 1. The highest BCUT2D eigenvalue weighted by atomic mass is 32.2. The summed E-state index contributed by atoms with van der Waals surface area (Å²) in [7, 11) is 3.05. The first-order chi connectivity index (χ1) is 13.5. The second-order valence-corrected chi connectivity index (χ2v) is 6.82. The van der Waals surface area contributed by atoms with Crippen molar-refractivity contribution in [2.24, 2.45) is 0 Å². The fourth-order valence-corrected chi connectivity index (χ4v) is 3.40. The van der Waals surface area contributed by atoms with E-state index in [4.69, 9.17) is 9.47 Å². The molecule has 28 heavy (non-hydrogen) atoms. The van der Waals surface area contributed by atoms with Crippen LogP contribution >= 0.6 is 11.8 Å². The van der Waals surface area contributed by atoms with E-state index in [1.54, 1.807) is 48.5 Å². The lowest BCUT2D eigenvalue weighted by molar-refractivity contribution is -0.127. The number of carbonyl (C=O) groups excluding carboxylic acids is 3. The molecule has 1 heterocycles. The minimum atomic E-state index is -0.514. The van der Waals surface area contributed by atoms with Crippen LogP contribution in [0.3, 0.4) is 0 Å². The number of imide groups is 1. The summed E-state index contributed by atoms with van der Waals surface area (Å²) >= 11 is 0.789. The number of rotatable bonds is 6. The van der Waals surface area contributed by atoms with Gasteiger partial charge in [-0.3, -0.25) is 19.3 Å². The summed E-state index contributed by atoms with van der Waals surface area (Å²) in [5, 5.41) is 2.17. The predicted octanol–water partition coefficient (Wildman–Crippen LogP) is 3.38. The van der Waals surface area contributed by atoms with Crippen LogP contribution in [-0.2, 0) is 9.59 Å². The van der Waals surface area contributed by atoms with Crippen molar-refractivity contribution >= 4 is 40.6 Å². The van der Waals surface area contributed by atoms with Crippen LogP contribution in [-0.4, -0.2) is 42.7 Å². The highest BCUT2D eigenvalue weighted by Crippen LogP contribution is 2.33. The first kappa shape index (κ1) is 19.5. The molecule has 1 aliphatic rings. The van der Waals surface area contributed by atoms with Crippen LogP contribution < -0.4 is 14.8 Å². The first-order valence-electron chi connectivity index (χ1n) is 8.33. The largest absolute Gasteiger partial charge is 0.497 e. The Bertz CT molecular complexity index is 921. The van der Waals surface area contributed by atoms with Gasteiger partial charge in [-0.2, -0.15) is 0 Å². The summed E-state index contributed by atoms with van der Waals surface area (Å²) in [4.78, 5) is 38.1. The van der Waals surface area contributed by atoms with Gasteiger partial charge in [0.25, 0.3) is 11.1 Å². The van der Waals surface area contributed by atoms with E-state index in [9.17, 15) is 14.4 Å². The van der Waals surface area contributed by atoms with Crippen molar-refractivity contribution in [2.75, 3.05) is 26.1 Å². The summed E-state index contributed by atoms with van der Waals surface area (Å²) in [6.07, 6.45) is 1.57. The third-order valence-electron chi connectivity index (χ3n) is 3.90. The quantitative estimate of drug-likeness (QED) is 0.751. The van der Waals surface area contributed by atoms with E-state index < -0.39 is 17.1 Å². The van der Waals surface area contributed by atoms with E-state index >= 15 is 0 Å². The number of nitrogens with zero attached hydrogens (tertiary/aromatic N) is 1. The van der Waals surface area contributed by atoms with Gasteiger partial charge in [-0.1, -0.05) is 18.2 Å². The average molecular weight is 398 g/mol. The molecule has 1 N–H and O–H groups in total. The lowest BCUT2D eigenvalue weighted by atomic mass is 10.2. The predicted molar refractivity (Wildman–Crippen MR) is 107 cm³/mol. The second kappa shape index (κ2) is 8.62. The first-order valence-corrected chi connectivity index (χ1v) is 9.15. The van der Waals surface area contributed by atoms with E-state index in [2.05, 4.69) is 5.32 Å². The standard InChI is InChI=1S/C20H18N2O5S/c1-26-15-8-13(9-16(11-15)27-2)10-17-19(24)22(20(25)28-17)12-18(23)21-14-6-4-3-5-7-14/h3-11H,12H2,1-2H3,(H,21,23)/b17-10-. The van der Waals surface area contributed by atoms with Crippen molar-refractivity contribution in [3.8, 4) is 11.5 Å². The SMILES string of the molecule is COc1cc(/C=C2\SC(=O)N(CC(=O)Nc3ccccc3)C2=O)cc(OC)c1. The Kier molecular flexibility index (Phi) is 6.00. The van der Waals surface area contributed by atoms with E-state index in [0.717, 1.165) is 16.7 Å². The van der Waals surface area contributed by atoms with Gasteiger partial charge < -0.3 is 14.8 Å². The van der Waals surface area contributed by atoms with Crippen LogP contribution in [0.5, 0.6) is 11.5 Å². The third-order valence-corrected chi connectivity index (χ3v) is 4.81. The van der Waals surface area contributed by atoms with Crippen LogP contribution in [0.4, 0.5) is 10.5 Å². The molecule has 7 nitrogen and oxygen atoms in total. The maximum Gasteiger partial charge on any atom is 0.294 e. The maximum absolute atomic E-state index is 12.6. The van der Waals surface area contributed by atoms with Gasteiger partial charge >= 0.3 is 0 Å². The van der Waals surface area contributed by atoms with E-state index in [0.29, 0.717) is 22.7 Å². The van der Waals surface area contributed by atoms with Crippen LogP contribution in [0, 0.1) is 0 Å². The van der Waals surface area contributed by atoms with Crippen molar-refractivity contribution in [3.63, 3.8) is 0 Å². The van der Waals surface area contributed by atoms with Gasteiger partial charge in [0, 0.05) is 11.8 Å². The van der Waals surface area contributed by atoms with Gasteiger partial charge in [0.05, 0.1) is 19.1 Å². The summed E-state index contributed by atoms with van der Waals surface area (Å²) in [5.41, 5.74) is 1.24. The van der Waals surface area contributed by atoms with Gasteiger partial charge in [-0.05, 0) is 47.7 Å². The van der Waals surface area contributed by atoms with Gasteiger partial charge in [0.15, 0.2) is 0 Å². The lowest BCUT2D eigenvalue weighted by Crippen LogP contribution is -2.36. The fraction of sp³-hybridized carbons (Fsp3) is 0.150. The number of methoxy groups -OCH3 is 2. The number of ether oxygens (including phenoxy) is 2. The van der Waals surface area contributed by atoms with Crippen LogP contribution in [0.15, 0.2) is 53.4 Å². The Hall–Kier alpha value is -3.26. The zero-order valence-corrected chi connectivity index (χ0v) is 16.1. The van der Waals surface area contributed by atoms with E-state index in [1.165, 1.54) is 14.2 Å². The number of benzene rings is 2. The molecule has 3 rings (SSSR count). The van der Waals surface area contributed by atoms with E-state index in [1.807, 2.05) is 6.07 Å². The Balaban J connectivity index is 1.74. The smallest absolute Gasteiger partial charge is 0.294 e. The topological polar surface area (TPSA) is 84.9 Å². The van der Waals surface area contributed by atoms with Gasteiger partial charge in [-0.25, -0.2) is 0 Å². The van der Waals surface area contributed by atoms with Gasteiger partial charge in [0.1, 0.15) is 18.0 Å². The van der Waals surface area contributed by atoms with Crippen molar-refractivity contribution in [1.29, 1.82) is 0 Å². The minimum Gasteiger partial charge on any atom is -0.497 e. The molecule has 0 radical (unpaired) electrons. The van der Waals surface area contributed by atoms with Crippen molar-refractivity contribution in [2.45, 2.75) is 0 Å². The van der Waals surface area contributed by atoms with E-state index in [-0.39, 0.29) is 11.4 Å². The number of thioether (sulfide) groups is 1. The highest BCUT2D eigenvalue weighted by molar-refractivity contribution is 8.18. The molecular weight excluding hydrogens is 380 g/mol. The third kappa shape index (κ3) is 4.52. The molecule has 1 fully saturated rings. The highest BCUT2D eigenvalue weighted by Gasteiger charge is 2.36. The molecule has 0 aliphatic carbocycles. The molecule has 0 saturated carbocycles. The Labute approximate surface area is 166 Å². The number of amides is 3. The Morgan fingerprint density at radius 1 is 1.07 bits per heavy atom. The molecule has 144 valence electrons. The van der Waals surface area contributed by atoms with Gasteiger partial charge in [0.2, 0.25) is 5.91 Å². The summed E-state index contributed by atoms with van der Waals surface area (Å²) in [6.45, 7) is -0.349. The molecule has 0 atom stereocenters. The Morgan fingerprint density at radius 2 is 1.71 bits per heavy atom. The average Bonchev–Trinajstić information content (AvgIpc) is 2.95. The zero-order chi connectivity index (χ0) is 20.1. The monoisotopic (exact) mass is 398 g/mol. The number of hydrogen-bond acceptors (Lipinski definition) is 6. The van der Waals surface area contributed by atoms with Crippen LogP contribution in [0.1, 0.15) is 5.56 Å². The van der Waals surface area contributed by atoms with Crippen molar-refractivity contribution in [1.82, 2.24) is 4.90 Å². The van der Waals surface area contributed by atoms with Crippen molar-refractivity contribution in [3.05, 3.63) is 59.0 Å². The molecule has 0 bridgehead atoms.